The largest absolute Gasteiger partial charge is 0.383 e. The molecule has 0 unspecified atom stereocenters. The molecule has 150 valence electrons. The summed E-state index contributed by atoms with van der Waals surface area (Å²) in [6.07, 6.45) is 2.54. The average molecular weight is 425 g/mol. The number of nitro benzene ring substituents is 1. The summed E-state index contributed by atoms with van der Waals surface area (Å²) in [4.78, 5) is 10.3. The second kappa shape index (κ2) is 8.06. The molecule has 0 radical (unpaired) electrons. The topological polar surface area (TPSA) is 98.5 Å². The van der Waals surface area contributed by atoms with Crippen LogP contribution in [0.3, 0.4) is 0 Å². The van der Waals surface area contributed by atoms with Gasteiger partial charge in [0.1, 0.15) is 0 Å². The smallest absolute Gasteiger partial charge is 0.270 e. The molecule has 2 aromatic carbocycles. The van der Waals surface area contributed by atoms with E-state index in [9.17, 15) is 18.5 Å². The molecule has 28 heavy (non-hydrogen) atoms. The maximum Gasteiger partial charge on any atom is 0.270 e. The Labute approximate surface area is 168 Å². The first-order chi connectivity index (χ1) is 13.2. The second-order valence-corrected chi connectivity index (χ2v) is 9.39. The predicted octanol–water partition coefficient (Wildman–Crippen LogP) is 3.81. The standard InChI is InChI=1S/C19H21ClN2O5S/c1-28(25,26)18-12-16(22(23)24)5-6-17(18)21-13-19(7-9-27-10-8-19)14-3-2-4-15(20)11-14/h2-6,11-12,21H,7-10,13H2,1H3. The van der Waals surface area contributed by atoms with Gasteiger partial charge in [0.15, 0.2) is 9.84 Å². The van der Waals surface area contributed by atoms with Crippen molar-refractivity contribution in [2.45, 2.75) is 23.2 Å². The van der Waals surface area contributed by atoms with Gasteiger partial charge in [0.2, 0.25) is 0 Å². The van der Waals surface area contributed by atoms with E-state index < -0.39 is 14.8 Å². The molecule has 1 N–H and O–H groups in total. The fraction of sp³-hybridized carbons (Fsp3) is 0.368. The SMILES string of the molecule is CS(=O)(=O)c1cc([N+](=O)[O-])ccc1NCC1(c2cccc(Cl)c2)CCOCC1. The van der Waals surface area contributed by atoms with E-state index in [1.165, 1.54) is 12.1 Å². The van der Waals surface area contributed by atoms with Gasteiger partial charge in [0, 0.05) is 48.6 Å². The van der Waals surface area contributed by atoms with Gasteiger partial charge in [-0.15, -0.1) is 0 Å². The highest BCUT2D eigenvalue weighted by Crippen LogP contribution is 2.37. The van der Waals surface area contributed by atoms with E-state index in [4.69, 9.17) is 16.3 Å². The van der Waals surface area contributed by atoms with Gasteiger partial charge in [-0.05, 0) is 36.6 Å². The molecule has 0 bridgehead atoms. The molecule has 0 saturated carbocycles. The lowest BCUT2D eigenvalue weighted by Crippen LogP contribution is -2.40. The van der Waals surface area contributed by atoms with Gasteiger partial charge in [-0.3, -0.25) is 10.1 Å². The predicted molar refractivity (Wildman–Crippen MR) is 108 cm³/mol. The van der Waals surface area contributed by atoms with Crippen molar-refractivity contribution in [3.05, 3.63) is 63.2 Å². The number of halogens is 1. The minimum atomic E-state index is -3.65. The van der Waals surface area contributed by atoms with Crippen molar-refractivity contribution >= 4 is 32.8 Å². The molecule has 1 heterocycles. The monoisotopic (exact) mass is 424 g/mol. The van der Waals surface area contributed by atoms with E-state index in [0.29, 0.717) is 30.5 Å². The Morgan fingerprint density at radius 3 is 2.54 bits per heavy atom. The van der Waals surface area contributed by atoms with Gasteiger partial charge >= 0.3 is 0 Å². The minimum absolute atomic E-state index is 0.0880. The number of hydrogen-bond acceptors (Lipinski definition) is 6. The Bertz CT molecular complexity index is 988. The summed E-state index contributed by atoms with van der Waals surface area (Å²) in [7, 11) is -3.65. The second-order valence-electron chi connectivity index (χ2n) is 6.97. The molecule has 0 aromatic heterocycles. The summed E-state index contributed by atoms with van der Waals surface area (Å²) in [5.74, 6) is 0. The van der Waals surface area contributed by atoms with E-state index in [1.54, 1.807) is 0 Å². The third kappa shape index (κ3) is 4.45. The normalized spacial score (nSPS) is 16.5. The highest BCUT2D eigenvalue weighted by molar-refractivity contribution is 7.90. The van der Waals surface area contributed by atoms with Crippen LogP contribution in [0.1, 0.15) is 18.4 Å². The molecule has 0 atom stereocenters. The zero-order valence-electron chi connectivity index (χ0n) is 15.4. The van der Waals surface area contributed by atoms with Crippen LogP contribution in [0, 0.1) is 10.1 Å². The van der Waals surface area contributed by atoms with Crippen molar-refractivity contribution in [3.8, 4) is 0 Å². The maximum absolute atomic E-state index is 12.2. The molecule has 0 amide bonds. The molecule has 2 aromatic rings. The quantitative estimate of drug-likeness (QED) is 0.559. The molecule has 1 saturated heterocycles. The molecule has 0 spiro atoms. The first-order valence-corrected chi connectivity index (χ1v) is 11.0. The average Bonchev–Trinajstić information content (AvgIpc) is 2.66. The van der Waals surface area contributed by atoms with Crippen LogP contribution >= 0.6 is 11.6 Å². The molecule has 1 aliphatic rings. The number of nitro groups is 1. The van der Waals surface area contributed by atoms with Crippen LogP contribution in [-0.2, 0) is 20.0 Å². The maximum atomic E-state index is 12.2. The molecular formula is C19H21ClN2O5S. The van der Waals surface area contributed by atoms with Crippen LogP contribution in [0.15, 0.2) is 47.4 Å². The number of benzene rings is 2. The Morgan fingerprint density at radius 1 is 1.21 bits per heavy atom. The van der Waals surface area contributed by atoms with Gasteiger partial charge in [0.25, 0.3) is 5.69 Å². The van der Waals surface area contributed by atoms with Crippen molar-refractivity contribution in [2.24, 2.45) is 0 Å². The molecular weight excluding hydrogens is 404 g/mol. The van der Waals surface area contributed by atoms with Gasteiger partial charge in [-0.2, -0.15) is 0 Å². The number of anilines is 1. The number of nitrogens with zero attached hydrogens (tertiary/aromatic N) is 1. The zero-order chi connectivity index (χ0) is 20.4. The van der Waals surface area contributed by atoms with Gasteiger partial charge in [0.05, 0.1) is 15.5 Å². The van der Waals surface area contributed by atoms with Gasteiger partial charge < -0.3 is 10.1 Å². The van der Waals surface area contributed by atoms with Crippen LogP contribution in [0.4, 0.5) is 11.4 Å². The lowest BCUT2D eigenvalue weighted by molar-refractivity contribution is -0.385. The summed E-state index contributed by atoms with van der Waals surface area (Å²) in [5, 5.41) is 14.9. The minimum Gasteiger partial charge on any atom is -0.383 e. The Morgan fingerprint density at radius 2 is 1.93 bits per heavy atom. The summed E-state index contributed by atoms with van der Waals surface area (Å²) in [6, 6.07) is 11.5. The number of nitrogens with one attached hydrogen (secondary N) is 1. The lowest BCUT2D eigenvalue weighted by atomic mass is 9.74. The van der Waals surface area contributed by atoms with E-state index in [-0.39, 0.29) is 16.0 Å². The molecule has 1 aliphatic heterocycles. The van der Waals surface area contributed by atoms with Crippen molar-refractivity contribution in [1.82, 2.24) is 0 Å². The highest BCUT2D eigenvalue weighted by Gasteiger charge is 2.35. The fourth-order valence-corrected chi connectivity index (χ4v) is 4.55. The first kappa shape index (κ1) is 20.6. The number of sulfone groups is 1. The summed E-state index contributed by atoms with van der Waals surface area (Å²) in [6.45, 7) is 1.64. The molecule has 7 nitrogen and oxygen atoms in total. The molecule has 9 heteroatoms. The first-order valence-electron chi connectivity index (χ1n) is 8.77. The highest BCUT2D eigenvalue weighted by atomic mass is 35.5. The number of rotatable bonds is 6. The third-order valence-electron chi connectivity index (χ3n) is 5.08. The van der Waals surface area contributed by atoms with E-state index >= 15 is 0 Å². The van der Waals surface area contributed by atoms with Crippen LogP contribution in [-0.4, -0.2) is 39.4 Å². The van der Waals surface area contributed by atoms with E-state index in [2.05, 4.69) is 5.32 Å². The summed E-state index contributed by atoms with van der Waals surface area (Å²) >= 11 is 6.18. The fourth-order valence-electron chi connectivity index (χ4n) is 3.49. The number of ether oxygens (including phenoxy) is 1. The van der Waals surface area contributed by atoms with Crippen molar-refractivity contribution in [3.63, 3.8) is 0 Å². The molecule has 3 rings (SSSR count). The number of non-ortho nitro benzene ring substituents is 1. The Balaban J connectivity index is 1.95. The molecule has 1 fully saturated rings. The van der Waals surface area contributed by atoms with Crippen molar-refractivity contribution in [1.29, 1.82) is 0 Å². The number of hydrogen-bond donors (Lipinski definition) is 1. The van der Waals surface area contributed by atoms with Crippen LogP contribution < -0.4 is 5.32 Å². The summed E-state index contributed by atoms with van der Waals surface area (Å²) in [5.41, 5.74) is 0.862. The van der Waals surface area contributed by atoms with Crippen LogP contribution in [0.5, 0.6) is 0 Å². The van der Waals surface area contributed by atoms with Crippen molar-refractivity contribution in [2.75, 3.05) is 31.3 Å². The van der Waals surface area contributed by atoms with E-state index in [1.807, 2.05) is 24.3 Å². The van der Waals surface area contributed by atoms with Crippen molar-refractivity contribution < 1.29 is 18.1 Å². The molecule has 0 aliphatic carbocycles. The Kier molecular flexibility index (Phi) is 5.92. The van der Waals surface area contributed by atoms with E-state index in [0.717, 1.165) is 30.7 Å². The van der Waals surface area contributed by atoms with Crippen LogP contribution in [0.25, 0.3) is 0 Å². The van der Waals surface area contributed by atoms with Gasteiger partial charge in [-0.1, -0.05) is 23.7 Å². The third-order valence-corrected chi connectivity index (χ3v) is 6.45. The van der Waals surface area contributed by atoms with Crippen LogP contribution in [0.2, 0.25) is 5.02 Å². The van der Waals surface area contributed by atoms with Gasteiger partial charge in [-0.25, -0.2) is 8.42 Å². The zero-order valence-corrected chi connectivity index (χ0v) is 16.9. The lowest BCUT2D eigenvalue weighted by Gasteiger charge is -2.38. The summed E-state index contributed by atoms with van der Waals surface area (Å²) < 4.78 is 29.9. The Hall–Kier alpha value is -2.16.